The topological polar surface area (TPSA) is 102 Å². The van der Waals surface area contributed by atoms with Gasteiger partial charge in [-0.2, -0.15) is 13.2 Å². The highest BCUT2D eigenvalue weighted by Crippen LogP contribution is 2.29. The van der Waals surface area contributed by atoms with Crippen molar-refractivity contribution in [3.05, 3.63) is 60.2 Å². The Morgan fingerprint density at radius 2 is 1.76 bits per heavy atom. The number of rotatable bonds is 9. The molecule has 1 aliphatic heterocycles. The number of hydrogen-bond acceptors (Lipinski definition) is 9. The molecule has 0 radical (unpaired) electrons. The van der Waals surface area contributed by atoms with E-state index < -0.39 is 24.3 Å². The standard InChI is InChI=1S/C25H28F3N5O5/c1-5-36-21-20(34-3)15(2)37-24(22(21)35-4)38-31-12-16-6-8-17(9-7-16)23-30-14-33(32-23)18-10-11-19(29-13-18)25(26,27)28/h6-15,20-22,24H,5H2,1-4H3/b31-12+/t15-,20-,21+,22+,24-/m0/s1. The molecule has 4 rings (SSSR count). The molecule has 1 aliphatic rings. The molecule has 0 bridgehead atoms. The first-order valence-corrected chi connectivity index (χ1v) is 11.8. The highest BCUT2D eigenvalue weighted by molar-refractivity contribution is 5.80. The van der Waals surface area contributed by atoms with Gasteiger partial charge in [0.1, 0.15) is 24.2 Å². The Morgan fingerprint density at radius 3 is 2.37 bits per heavy atom. The number of nitrogens with zero attached hydrogens (tertiary/aromatic N) is 5. The van der Waals surface area contributed by atoms with Crippen LogP contribution in [0.4, 0.5) is 13.2 Å². The number of alkyl halides is 3. The van der Waals surface area contributed by atoms with Crippen LogP contribution in [0.1, 0.15) is 25.1 Å². The number of halogens is 3. The first kappa shape index (κ1) is 27.6. The van der Waals surface area contributed by atoms with E-state index in [2.05, 4.69) is 20.2 Å². The van der Waals surface area contributed by atoms with Gasteiger partial charge in [0.05, 0.1) is 24.2 Å². The van der Waals surface area contributed by atoms with E-state index in [-0.39, 0.29) is 18.3 Å². The molecule has 38 heavy (non-hydrogen) atoms. The minimum Gasteiger partial charge on any atom is -0.376 e. The third kappa shape index (κ3) is 6.18. The van der Waals surface area contributed by atoms with Crippen molar-refractivity contribution >= 4 is 6.21 Å². The van der Waals surface area contributed by atoms with Crippen LogP contribution in [0.2, 0.25) is 0 Å². The fraction of sp³-hybridized carbons (Fsp3) is 0.440. The Balaban J connectivity index is 1.40. The SMILES string of the molecule is CCO[C@@H]1[C@@H](OC)[C@H](C)O[C@@H](O/N=C/c2ccc(-c3ncn(-c4ccc(C(F)(F)F)nc4)n3)cc2)[C@@H]1OC. The molecule has 0 aliphatic carbocycles. The molecule has 2 aromatic heterocycles. The lowest BCUT2D eigenvalue weighted by Gasteiger charge is -2.42. The highest BCUT2D eigenvalue weighted by Gasteiger charge is 2.47. The van der Waals surface area contributed by atoms with Crippen LogP contribution in [0.3, 0.4) is 0 Å². The lowest BCUT2D eigenvalue weighted by Crippen LogP contribution is -2.59. The summed E-state index contributed by atoms with van der Waals surface area (Å²) in [4.78, 5) is 13.3. The molecule has 204 valence electrons. The van der Waals surface area contributed by atoms with Crippen molar-refractivity contribution in [1.29, 1.82) is 0 Å². The Morgan fingerprint density at radius 1 is 1.03 bits per heavy atom. The highest BCUT2D eigenvalue weighted by atomic mass is 19.4. The molecule has 1 saturated heterocycles. The third-order valence-electron chi connectivity index (χ3n) is 5.96. The lowest BCUT2D eigenvalue weighted by atomic mass is 9.99. The molecule has 0 spiro atoms. The number of benzene rings is 1. The third-order valence-corrected chi connectivity index (χ3v) is 5.96. The van der Waals surface area contributed by atoms with Crippen LogP contribution in [0, 0.1) is 0 Å². The van der Waals surface area contributed by atoms with Crippen molar-refractivity contribution in [3.8, 4) is 17.1 Å². The predicted octanol–water partition coefficient (Wildman–Crippen LogP) is 3.88. The van der Waals surface area contributed by atoms with Gasteiger partial charge >= 0.3 is 6.18 Å². The van der Waals surface area contributed by atoms with Crippen molar-refractivity contribution in [3.63, 3.8) is 0 Å². The molecule has 0 amide bonds. The molecular weight excluding hydrogens is 507 g/mol. The Labute approximate surface area is 217 Å². The van der Waals surface area contributed by atoms with Crippen LogP contribution in [-0.2, 0) is 30.0 Å². The smallest absolute Gasteiger partial charge is 0.376 e. The van der Waals surface area contributed by atoms with E-state index in [4.69, 9.17) is 23.8 Å². The van der Waals surface area contributed by atoms with Crippen molar-refractivity contribution < 1.29 is 37.0 Å². The van der Waals surface area contributed by atoms with Gasteiger partial charge in [0.25, 0.3) is 6.29 Å². The second kappa shape index (κ2) is 12.0. The molecule has 0 saturated carbocycles. The van der Waals surface area contributed by atoms with Gasteiger partial charge in [-0.05, 0) is 31.5 Å². The summed E-state index contributed by atoms with van der Waals surface area (Å²) in [7, 11) is 3.14. The van der Waals surface area contributed by atoms with E-state index in [0.717, 1.165) is 17.8 Å². The first-order valence-electron chi connectivity index (χ1n) is 11.8. The van der Waals surface area contributed by atoms with Crippen LogP contribution in [0.25, 0.3) is 17.1 Å². The molecule has 13 heteroatoms. The molecule has 5 atom stereocenters. The van der Waals surface area contributed by atoms with Gasteiger partial charge < -0.3 is 23.8 Å². The van der Waals surface area contributed by atoms with Gasteiger partial charge in [0, 0.05) is 26.4 Å². The monoisotopic (exact) mass is 535 g/mol. The van der Waals surface area contributed by atoms with Crippen LogP contribution in [0.5, 0.6) is 0 Å². The van der Waals surface area contributed by atoms with E-state index in [1.54, 1.807) is 38.5 Å². The first-order chi connectivity index (χ1) is 18.2. The molecule has 1 aromatic carbocycles. The summed E-state index contributed by atoms with van der Waals surface area (Å²) in [6.07, 6.45) is -2.81. The number of aromatic nitrogens is 4. The average molecular weight is 536 g/mol. The summed E-state index contributed by atoms with van der Waals surface area (Å²) in [5.41, 5.74) is 0.831. The summed E-state index contributed by atoms with van der Waals surface area (Å²) in [6, 6.07) is 9.35. The van der Waals surface area contributed by atoms with Crippen molar-refractivity contribution in [2.45, 2.75) is 50.7 Å². The second-order valence-corrected chi connectivity index (χ2v) is 8.40. The van der Waals surface area contributed by atoms with Gasteiger partial charge in [-0.1, -0.05) is 29.4 Å². The van der Waals surface area contributed by atoms with E-state index in [0.29, 0.717) is 23.7 Å². The van der Waals surface area contributed by atoms with Gasteiger partial charge in [-0.15, -0.1) is 5.10 Å². The zero-order valence-electron chi connectivity index (χ0n) is 21.2. The molecule has 0 N–H and O–H groups in total. The predicted molar refractivity (Wildman–Crippen MR) is 130 cm³/mol. The van der Waals surface area contributed by atoms with Crippen LogP contribution in [-0.4, -0.2) is 77.5 Å². The van der Waals surface area contributed by atoms with Crippen molar-refractivity contribution in [2.24, 2.45) is 5.16 Å². The number of pyridine rings is 1. The molecule has 3 aromatic rings. The molecular formula is C25H28F3N5O5. The summed E-state index contributed by atoms with van der Waals surface area (Å²) >= 11 is 0. The van der Waals surface area contributed by atoms with Crippen LogP contribution < -0.4 is 0 Å². The molecule has 0 unspecified atom stereocenters. The van der Waals surface area contributed by atoms with Crippen molar-refractivity contribution in [2.75, 3.05) is 20.8 Å². The minimum atomic E-state index is -4.51. The van der Waals surface area contributed by atoms with E-state index in [9.17, 15) is 13.2 Å². The summed E-state index contributed by atoms with van der Waals surface area (Å²) in [5, 5.41) is 8.39. The van der Waals surface area contributed by atoms with E-state index in [1.165, 1.54) is 23.3 Å². The number of hydrogen-bond donors (Lipinski definition) is 0. The number of methoxy groups -OCH3 is 2. The molecule has 3 heterocycles. The second-order valence-electron chi connectivity index (χ2n) is 8.40. The number of oxime groups is 1. The minimum absolute atomic E-state index is 0.298. The van der Waals surface area contributed by atoms with E-state index >= 15 is 0 Å². The fourth-order valence-corrected chi connectivity index (χ4v) is 4.09. The largest absolute Gasteiger partial charge is 0.433 e. The normalized spacial score (nSPS) is 24.1. The fourth-order valence-electron chi connectivity index (χ4n) is 4.09. The van der Waals surface area contributed by atoms with Gasteiger partial charge in [-0.25, -0.2) is 14.6 Å². The average Bonchev–Trinajstić information content (AvgIpc) is 3.39. The van der Waals surface area contributed by atoms with Gasteiger partial charge in [0.2, 0.25) is 0 Å². The van der Waals surface area contributed by atoms with Crippen LogP contribution >= 0.6 is 0 Å². The van der Waals surface area contributed by atoms with Crippen LogP contribution in [0.15, 0.2) is 54.1 Å². The zero-order valence-corrected chi connectivity index (χ0v) is 21.2. The Bertz CT molecular complexity index is 1200. The summed E-state index contributed by atoms with van der Waals surface area (Å²) < 4.78 is 62.4. The maximum absolute atomic E-state index is 12.7. The summed E-state index contributed by atoms with van der Waals surface area (Å²) in [6.45, 7) is 4.24. The summed E-state index contributed by atoms with van der Waals surface area (Å²) in [5.74, 6) is 0.395. The quantitative estimate of drug-likeness (QED) is 0.301. The molecule has 10 nitrogen and oxygen atoms in total. The van der Waals surface area contributed by atoms with Gasteiger partial charge in [0.15, 0.2) is 11.9 Å². The lowest BCUT2D eigenvalue weighted by molar-refractivity contribution is -0.308. The number of ether oxygens (including phenoxy) is 4. The van der Waals surface area contributed by atoms with Gasteiger partial charge in [-0.3, -0.25) is 0 Å². The maximum Gasteiger partial charge on any atom is 0.433 e. The Kier molecular flexibility index (Phi) is 8.72. The maximum atomic E-state index is 12.7. The zero-order chi connectivity index (χ0) is 27.3. The Hall–Kier alpha value is -3.39. The molecule has 1 fully saturated rings. The van der Waals surface area contributed by atoms with Crippen molar-refractivity contribution in [1.82, 2.24) is 19.7 Å². The van der Waals surface area contributed by atoms with E-state index in [1.807, 2.05) is 13.8 Å².